The van der Waals surface area contributed by atoms with Gasteiger partial charge in [-0.25, -0.2) is 0 Å². The number of ether oxygens (including phenoxy) is 2. The van der Waals surface area contributed by atoms with Gasteiger partial charge in [0, 0.05) is 46.1 Å². The number of methoxy groups -OCH3 is 1. The van der Waals surface area contributed by atoms with Gasteiger partial charge >= 0.3 is 0 Å². The van der Waals surface area contributed by atoms with Crippen molar-refractivity contribution in [3.63, 3.8) is 0 Å². The standard InChI is InChI=1S/C12H26N2O2/c1-14(12-4-10-16-11-5-12)8-7-13-6-3-9-15-2/h12-13H,3-11H2,1-2H3. The van der Waals surface area contributed by atoms with Gasteiger partial charge in [-0.05, 0) is 32.9 Å². The number of hydrogen-bond acceptors (Lipinski definition) is 4. The van der Waals surface area contributed by atoms with Crippen LogP contribution in [0, 0.1) is 0 Å². The monoisotopic (exact) mass is 230 g/mol. The second-order valence-corrected chi connectivity index (χ2v) is 4.42. The molecule has 0 aromatic carbocycles. The van der Waals surface area contributed by atoms with Crippen molar-refractivity contribution in [3.8, 4) is 0 Å². The molecule has 4 nitrogen and oxygen atoms in total. The largest absolute Gasteiger partial charge is 0.385 e. The van der Waals surface area contributed by atoms with Crippen molar-refractivity contribution < 1.29 is 9.47 Å². The van der Waals surface area contributed by atoms with Gasteiger partial charge < -0.3 is 19.7 Å². The van der Waals surface area contributed by atoms with Crippen molar-refractivity contribution in [2.75, 3.05) is 53.6 Å². The molecule has 0 amide bonds. The fourth-order valence-electron chi connectivity index (χ4n) is 2.03. The lowest BCUT2D eigenvalue weighted by molar-refractivity contribution is 0.0434. The molecule has 1 rings (SSSR count). The fourth-order valence-corrected chi connectivity index (χ4v) is 2.03. The van der Waals surface area contributed by atoms with Crippen LogP contribution in [-0.2, 0) is 9.47 Å². The summed E-state index contributed by atoms with van der Waals surface area (Å²) in [5.41, 5.74) is 0. The minimum Gasteiger partial charge on any atom is -0.385 e. The van der Waals surface area contributed by atoms with Crippen LogP contribution in [0.25, 0.3) is 0 Å². The highest BCUT2D eigenvalue weighted by Gasteiger charge is 2.17. The van der Waals surface area contributed by atoms with Crippen LogP contribution < -0.4 is 5.32 Å². The Morgan fingerprint density at radius 1 is 1.31 bits per heavy atom. The zero-order chi connectivity index (χ0) is 11.6. The van der Waals surface area contributed by atoms with E-state index in [0.29, 0.717) is 0 Å². The Morgan fingerprint density at radius 3 is 2.75 bits per heavy atom. The second kappa shape index (κ2) is 8.93. The van der Waals surface area contributed by atoms with Gasteiger partial charge in [0.1, 0.15) is 0 Å². The van der Waals surface area contributed by atoms with Gasteiger partial charge in [0.05, 0.1) is 0 Å². The summed E-state index contributed by atoms with van der Waals surface area (Å²) in [5.74, 6) is 0. The van der Waals surface area contributed by atoms with Crippen molar-refractivity contribution in [2.24, 2.45) is 0 Å². The average molecular weight is 230 g/mol. The molecular weight excluding hydrogens is 204 g/mol. The van der Waals surface area contributed by atoms with Gasteiger partial charge in [0.2, 0.25) is 0 Å². The Balaban J connectivity index is 1.94. The van der Waals surface area contributed by atoms with Crippen LogP contribution >= 0.6 is 0 Å². The summed E-state index contributed by atoms with van der Waals surface area (Å²) in [6.45, 7) is 5.94. The van der Waals surface area contributed by atoms with Crippen molar-refractivity contribution >= 4 is 0 Å². The summed E-state index contributed by atoms with van der Waals surface area (Å²) < 4.78 is 10.4. The molecule has 0 atom stereocenters. The Kier molecular flexibility index (Phi) is 7.76. The lowest BCUT2D eigenvalue weighted by Crippen LogP contribution is -2.40. The predicted octanol–water partition coefficient (Wildman–Crippen LogP) is 0.723. The normalized spacial score (nSPS) is 18.2. The summed E-state index contributed by atoms with van der Waals surface area (Å²) in [5, 5.41) is 3.44. The summed E-state index contributed by atoms with van der Waals surface area (Å²) >= 11 is 0. The molecule has 0 unspecified atom stereocenters. The Labute approximate surface area is 99.3 Å². The number of nitrogens with zero attached hydrogens (tertiary/aromatic N) is 1. The van der Waals surface area contributed by atoms with E-state index in [1.165, 1.54) is 12.8 Å². The number of hydrogen-bond donors (Lipinski definition) is 1. The third-order valence-corrected chi connectivity index (χ3v) is 3.16. The van der Waals surface area contributed by atoms with E-state index in [-0.39, 0.29) is 0 Å². The van der Waals surface area contributed by atoms with Crippen LogP contribution in [0.4, 0.5) is 0 Å². The van der Waals surface area contributed by atoms with Crippen LogP contribution in [0.1, 0.15) is 19.3 Å². The summed E-state index contributed by atoms with van der Waals surface area (Å²) in [6, 6.07) is 0.717. The summed E-state index contributed by atoms with van der Waals surface area (Å²) in [6.07, 6.45) is 3.46. The molecule has 96 valence electrons. The van der Waals surface area contributed by atoms with Gasteiger partial charge in [-0.1, -0.05) is 0 Å². The van der Waals surface area contributed by atoms with Crippen LogP contribution in [0.2, 0.25) is 0 Å². The Morgan fingerprint density at radius 2 is 2.06 bits per heavy atom. The molecule has 0 spiro atoms. The van der Waals surface area contributed by atoms with Crippen LogP contribution in [0.5, 0.6) is 0 Å². The molecular formula is C12H26N2O2. The molecule has 4 heteroatoms. The Bertz CT molecular complexity index is 161. The van der Waals surface area contributed by atoms with Crippen LogP contribution in [0.15, 0.2) is 0 Å². The lowest BCUT2D eigenvalue weighted by Gasteiger charge is -2.31. The number of nitrogens with one attached hydrogen (secondary N) is 1. The van der Waals surface area contributed by atoms with Crippen molar-refractivity contribution in [2.45, 2.75) is 25.3 Å². The van der Waals surface area contributed by atoms with E-state index >= 15 is 0 Å². The van der Waals surface area contributed by atoms with E-state index in [1.807, 2.05) is 0 Å². The third kappa shape index (κ3) is 5.80. The minimum absolute atomic E-state index is 0.717. The summed E-state index contributed by atoms with van der Waals surface area (Å²) in [7, 11) is 3.96. The van der Waals surface area contributed by atoms with Gasteiger partial charge in [-0.2, -0.15) is 0 Å². The highest BCUT2D eigenvalue weighted by Crippen LogP contribution is 2.11. The molecule has 0 aliphatic carbocycles. The van der Waals surface area contributed by atoms with E-state index < -0.39 is 0 Å². The second-order valence-electron chi connectivity index (χ2n) is 4.42. The smallest absolute Gasteiger partial charge is 0.0480 e. The molecule has 1 aliphatic rings. The molecule has 1 saturated heterocycles. The third-order valence-electron chi connectivity index (χ3n) is 3.16. The topological polar surface area (TPSA) is 33.7 Å². The predicted molar refractivity (Wildman–Crippen MR) is 65.8 cm³/mol. The SMILES string of the molecule is COCCCNCCN(C)C1CCOCC1. The van der Waals surface area contributed by atoms with E-state index in [4.69, 9.17) is 9.47 Å². The molecule has 0 aromatic heterocycles. The first-order chi connectivity index (χ1) is 7.84. The fraction of sp³-hybridized carbons (Fsp3) is 1.00. The quantitative estimate of drug-likeness (QED) is 0.623. The molecule has 1 heterocycles. The van der Waals surface area contributed by atoms with Gasteiger partial charge in [-0.3, -0.25) is 0 Å². The molecule has 1 aliphatic heterocycles. The molecule has 0 bridgehead atoms. The molecule has 16 heavy (non-hydrogen) atoms. The molecule has 0 radical (unpaired) electrons. The van der Waals surface area contributed by atoms with Gasteiger partial charge in [0.25, 0.3) is 0 Å². The molecule has 1 N–H and O–H groups in total. The number of likely N-dealkylation sites (N-methyl/N-ethyl adjacent to an activating group) is 1. The van der Waals surface area contributed by atoms with Crippen molar-refractivity contribution in [1.29, 1.82) is 0 Å². The van der Waals surface area contributed by atoms with E-state index in [1.54, 1.807) is 7.11 Å². The van der Waals surface area contributed by atoms with E-state index in [9.17, 15) is 0 Å². The van der Waals surface area contributed by atoms with Crippen molar-refractivity contribution in [3.05, 3.63) is 0 Å². The maximum absolute atomic E-state index is 5.36. The summed E-state index contributed by atoms with van der Waals surface area (Å²) in [4.78, 5) is 2.45. The maximum atomic E-state index is 5.36. The van der Waals surface area contributed by atoms with Gasteiger partial charge in [-0.15, -0.1) is 0 Å². The highest BCUT2D eigenvalue weighted by molar-refractivity contribution is 4.72. The number of rotatable bonds is 8. The first kappa shape index (κ1) is 13.9. The van der Waals surface area contributed by atoms with E-state index in [2.05, 4.69) is 17.3 Å². The zero-order valence-electron chi connectivity index (χ0n) is 10.7. The zero-order valence-corrected chi connectivity index (χ0v) is 10.7. The van der Waals surface area contributed by atoms with Crippen LogP contribution in [0.3, 0.4) is 0 Å². The first-order valence-corrected chi connectivity index (χ1v) is 6.32. The van der Waals surface area contributed by atoms with Gasteiger partial charge in [0.15, 0.2) is 0 Å². The highest BCUT2D eigenvalue weighted by atomic mass is 16.5. The molecule has 0 saturated carbocycles. The molecule has 1 fully saturated rings. The Hall–Kier alpha value is -0.160. The first-order valence-electron chi connectivity index (χ1n) is 6.32. The lowest BCUT2D eigenvalue weighted by atomic mass is 10.1. The van der Waals surface area contributed by atoms with E-state index in [0.717, 1.165) is 51.9 Å². The van der Waals surface area contributed by atoms with Crippen molar-refractivity contribution in [1.82, 2.24) is 10.2 Å². The average Bonchev–Trinajstić information content (AvgIpc) is 2.34. The van der Waals surface area contributed by atoms with Crippen LogP contribution in [-0.4, -0.2) is 64.6 Å². The maximum Gasteiger partial charge on any atom is 0.0480 e. The minimum atomic E-state index is 0.717. The molecule has 0 aromatic rings.